The minimum absolute atomic E-state index is 0.121. The SMILES string of the molecule is COc1ccc(Cl)cc1NC(=O)/C(C#N)=C\Nc1ccc(O)cc1. The lowest BCUT2D eigenvalue weighted by Crippen LogP contribution is -2.15. The van der Waals surface area contributed by atoms with Crippen LogP contribution in [0, 0.1) is 11.3 Å². The predicted molar refractivity (Wildman–Crippen MR) is 92.1 cm³/mol. The molecule has 0 aliphatic heterocycles. The van der Waals surface area contributed by atoms with Gasteiger partial charge in [0.2, 0.25) is 0 Å². The lowest BCUT2D eigenvalue weighted by atomic mass is 10.2. The summed E-state index contributed by atoms with van der Waals surface area (Å²) in [5.41, 5.74) is 0.847. The van der Waals surface area contributed by atoms with Crippen molar-refractivity contribution >= 4 is 28.9 Å². The van der Waals surface area contributed by atoms with Crippen molar-refractivity contribution in [1.29, 1.82) is 5.26 Å². The third kappa shape index (κ3) is 4.41. The first-order valence-electron chi connectivity index (χ1n) is 6.84. The van der Waals surface area contributed by atoms with Gasteiger partial charge in [-0.25, -0.2) is 0 Å². The van der Waals surface area contributed by atoms with Gasteiger partial charge in [0.15, 0.2) is 0 Å². The Morgan fingerprint density at radius 2 is 2.00 bits per heavy atom. The lowest BCUT2D eigenvalue weighted by Gasteiger charge is -2.10. The molecule has 0 unspecified atom stereocenters. The van der Waals surface area contributed by atoms with Crippen LogP contribution in [0.3, 0.4) is 0 Å². The number of aromatic hydroxyl groups is 1. The maximum atomic E-state index is 12.2. The number of nitriles is 1. The average molecular weight is 344 g/mol. The van der Waals surface area contributed by atoms with Gasteiger partial charge in [0.05, 0.1) is 12.8 Å². The second-order valence-corrected chi connectivity index (χ2v) is 5.10. The molecular weight excluding hydrogens is 330 g/mol. The van der Waals surface area contributed by atoms with Crippen LogP contribution in [-0.2, 0) is 4.79 Å². The molecule has 0 aliphatic rings. The Balaban J connectivity index is 2.14. The monoisotopic (exact) mass is 343 g/mol. The van der Waals surface area contributed by atoms with Crippen LogP contribution in [0.2, 0.25) is 5.02 Å². The highest BCUT2D eigenvalue weighted by atomic mass is 35.5. The number of rotatable bonds is 5. The molecule has 122 valence electrons. The van der Waals surface area contributed by atoms with E-state index in [9.17, 15) is 9.90 Å². The van der Waals surface area contributed by atoms with E-state index in [0.717, 1.165) is 0 Å². The fraction of sp³-hybridized carbons (Fsp3) is 0.0588. The smallest absolute Gasteiger partial charge is 0.267 e. The first-order valence-corrected chi connectivity index (χ1v) is 7.22. The van der Waals surface area contributed by atoms with E-state index in [-0.39, 0.29) is 11.3 Å². The highest BCUT2D eigenvalue weighted by molar-refractivity contribution is 6.31. The van der Waals surface area contributed by atoms with Crippen LogP contribution < -0.4 is 15.4 Å². The lowest BCUT2D eigenvalue weighted by molar-refractivity contribution is -0.112. The number of amides is 1. The highest BCUT2D eigenvalue weighted by Gasteiger charge is 2.12. The summed E-state index contributed by atoms with van der Waals surface area (Å²) < 4.78 is 5.14. The Bertz CT molecular complexity index is 811. The molecule has 0 bridgehead atoms. The van der Waals surface area contributed by atoms with E-state index in [4.69, 9.17) is 21.6 Å². The van der Waals surface area contributed by atoms with Crippen LogP contribution in [0.4, 0.5) is 11.4 Å². The number of ether oxygens (including phenoxy) is 1. The third-order valence-electron chi connectivity index (χ3n) is 3.03. The number of methoxy groups -OCH3 is 1. The molecule has 24 heavy (non-hydrogen) atoms. The zero-order valence-corrected chi connectivity index (χ0v) is 13.5. The fourth-order valence-corrected chi connectivity index (χ4v) is 2.00. The van der Waals surface area contributed by atoms with Crippen molar-refractivity contribution in [3.05, 3.63) is 59.3 Å². The quantitative estimate of drug-likeness (QED) is 0.438. The molecule has 0 atom stereocenters. The summed E-state index contributed by atoms with van der Waals surface area (Å²) in [6.07, 6.45) is 1.28. The number of anilines is 2. The minimum atomic E-state index is -0.607. The van der Waals surface area contributed by atoms with E-state index in [1.165, 1.54) is 31.5 Å². The van der Waals surface area contributed by atoms with Crippen molar-refractivity contribution in [2.75, 3.05) is 17.7 Å². The van der Waals surface area contributed by atoms with E-state index in [1.54, 1.807) is 24.3 Å². The van der Waals surface area contributed by atoms with Crippen molar-refractivity contribution in [2.45, 2.75) is 0 Å². The molecular formula is C17H14ClN3O3. The number of halogens is 1. The molecule has 2 aromatic carbocycles. The van der Waals surface area contributed by atoms with Gasteiger partial charge in [0.1, 0.15) is 23.1 Å². The van der Waals surface area contributed by atoms with E-state index < -0.39 is 5.91 Å². The van der Waals surface area contributed by atoms with Gasteiger partial charge >= 0.3 is 0 Å². The summed E-state index contributed by atoms with van der Waals surface area (Å²) in [7, 11) is 1.46. The highest BCUT2D eigenvalue weighted by Crippen LogP contribution is 2.28. The predicted octanol–water partition coefficient (Wildman–Crippen LogP) is 3.51. The van der Waals surface area contributed by atoms with Gasteiger partial charge in [0, 0.05) is 16.9 Å². The molecule has 2 rings (SSSR count). The van der Waals surface area contributed by atoms with Crippen LogP contribution in [-0.4, -0.2) is 18.1 Å². The number of nitrogens with one attached hydrogen (secondary N) is 2. The van der Waals surface area contributed by atoms with Crippen LogP contribution in [0.5, 0.6) is 11.5 Å². The van der Waals surface area contributed by atoms with Crippen molar-refractivity contribution in [2.24, 2.45) is 0 Å². The van der Waals surface area contributed by atoms with Crippen LogP contribution in [0.15, 0.2) is 54.2 Å². The molecule has 0 saturated heterocycles. The number of phenolic OH excluding ortho intramolecular Hbond substituents is 1. The molecule has 3 N–H and O–H groups in total. The van der Waals surface area contributed by atoms with Gasteiger partial charge in [-0.15, -0.1) is 0 Å². The average Bonchev–Trinajstić information content (AvgIpc) is 2.57. The number of carbonyl (C=O) groups excluding carboxylic acids is 1. The van der Waals surface area contributed by atoms with Crippen molar-refractivity contribution in [3.63, 3.8) is 0 Å². The summed E-state index contributed by atoms with van der Waals surface area (Å²) >= 11 is 5.91. The summed E-state index contributed by atoms with van der Waals surface area (Å²) in [4.78, 5) is 12.2. The Labute approximate surface area is 143 Å². The Morgan fingerprint density at radius 3 is 2.62 bits per heavy atom. The zero-order valence-electron chi connectivity index (χ0n) is 12.7. The number of benzene rings is 2. The normalized spacial score (nSPS) is 10.6. The maximum absolute atomic E-state index is 12.2. The molecule has 0 radical (unpaired) electrons. The Hall–Kier alpha value is -3.17. The van der Waals surface area contributed by atoms with E-state index in [1.807, 2.05) is 6.07 Å². The summed E-state index contributed by atoms with van der Waals surface area (Å²) in [5, 5.41) is 24.2. The Kier molecular flexibility index (Phi) is 5.66. The molecule has 1 amide bonds. The van der Waals surface area contributed by atoms with Gasteiger partial charge in [-0.2, -0.15) is 5.26 Å². The molecule has 0 saturated carbocycles. The number of hydrogen-bond acceptors (Lipinski definition) is 5. The third-order valence-corrected chi connectivity index (χ3v) is 3.26. The number of phenols is 1. The van der Waals surface area contributed by atoms with Crippen LogP contribution in [0.25, 0.3) is 0 Å². The van der Waals surface area contributed by atoms with E-state index in [2.05, 4.69) is 10.6 Å². The van der Waals surface area contributed by atoms with Crippen LogP contribution >= 0.6 is 11.6 Å². The minimum Gasteiger partial charge on any atom is -0.508 e. The topological polar surface area (TPSA) is 94.4 Å². The zero-order chi connectivity index (χ0) is 17.5. The molecule has 0 fully saturated rings. The van der Waals surface area contributed by atoms with Crippen LogP contribution in [0.1, 0.15) is 0 Å². The molecule has 0 spiro atoms. The van der Waals surface area contributed by atoms with Gasteiger partial charge in [0.25, 0.3) is 5.91 Å². The summed E-state index contributed by atoms with van der Waals surface area (Å²) in [5.74, 6) is -0.0586. The largest absolute Gasteiger partial charge is 0.508 e. The molecule has 6 nitrogen and oxygen atoms in total. The number of carbonyl (C=O) groups is 1. The van der Waals surface area contributed by atoms with E-state index in [0.29, 0.717) is 22.1 Å². The fourth-order valence-electron chi connectivity index (χ4n) is 1.83. The number of hydrogen-bond donors (Lipinski definition) is 3. The summed E-state index contributed by atoms with van der Waals surface area (Å²) in [6.45, 7) is 0. The first kappa shape index (κ1) is 17.2. The molecule has 2 aromatic rings. The van der Waals surface area contributed by atoms with Crippen molar-refractivity contribution in [1.82, 2.24) is 0 Å². The van der Waals surface area contributed by atoms with Gasteiger partial charge in [-0.1, -0.05) is 11.6 Å². The standard InChI is InChI=1S/C17H14ClN3O3/c1-24-16-7-2-12(18)8-15(16)21-17(23)11(9-19)10-20-13-3-5-14(22)6-4-13/h2-8,10,20,22H,1H3,(H,21,23)/b11-10-. The molecule has 0 aromatic heterocycles. The van der Waals surface area contributed by atoms with E-state index >= 15 is 0 Å². The van der Waals surface area contributed by atoms with Gasteiger partial charge in [-0.3, -0.25) is 4.79 Å². The van der Waals surface area contributed by atoms with Crippen molar-refractivity contribution in [3.8, 4) is 17.6 Å². The molecule has 0 heterocycles. The maximum Gasteiger partial charge on any atom is 0.267 e. The second kappa shape index (κ2) is 7.90. The molecule has 7 heteroatoms. The number of nitrogens with zero attached hydrogens (tertiary/aromatic N) is 1. The second-order valence-electron chi connectivity index (χ2n) is 4.66. The Morgan fingerprint density at radius 1 is 1.29 bits per heavy atom. The molecule has 0 aliphatic carbocycles. The van der Waals surface area contributed by atoms with Gasteiger partial charge < -0.3 is 20.5 Å². The first-order chi connectivity index (χ1) is 11.5. The van der Waals surface area contributed by atoms with Crippen molar-refractivity contribution < 1.29 is 14.6 Å². The van der Waals surface area contributed by atoms with Gasteiger partial charge in [-0.05, 0) is 42.5 Å². The summed E-state index contributed by atoms with van der Waals surface area (Å²) in [6, 6.07) is 12.8.